The van der Waals surface area contributed by atoms with Crippen LogP contribution in [0.5, 0.6) is 0 Å². The van der Waals surface area contributed by atoms with E-state index in [9.17, 15) is 0 Å². The van der Waals surface area contributed by atoms with Crippen molar-refractivity contribution in [3.8, 4) is 0 Å². The number of benzene rings is 2. The minimum absolute atomic E-state index is 0.144. The standard InChI is InChI=1S/C29H40N5OSi/c1-7-8-13-21(20-35-28(2,3)29(4,5)36)34-25-17-12-11-16-24(25)32-27(34)19-33(6)18-26-30-22-14-9-10-15-23(22)31-26/h9-12,14-17,21H,7-8,13,18-20H2,1-6H3,(H,30,31). The van der Waals surface area contributed by atoms with Crippen molar-refractivity contribution >= 4 is 32.3 Å². The van der Waals surface area contributed by atoms with Crippen molar-refractivity contribution in [2.75, 3.05) is 13.7 Å². The number of nitrogens with one attached hydrogen (secondary N) is 1. The Hall–Kier alpha value is -2.48. The lowest BCUT2D eigenvalue weighted by atomic mass is 9.93. The fourth-order valence-electron chi connectivity index (χ4n) is 4.46. The van der Waals surface area contributed by atoms with Gasteiger partial charge in [-0.3, -0.25) is 4.90 Å². The molecule has 2 heterocycles. The van der Waals surface area contributed by atoms with Crippen molar-refractivity contribution in [1.29, 1.82) is 0 Å². The zero-order valence-corrected chi connectivity index (χ0v) is 23.6. The molecule has 7 heteroatoms. The molecule has 6 nitrogen and oxygen atoms in total. The lowest BCUT2D eigenvalue weighted by molar-refractivity contribution is -0.0577. The molecular weight excluding hydrogens is 462 g/mol. The molecule has 4 rings (SSSR count). The second kappa shape index (κ2) is 10.9. The largest absolute Gasteiger partial charge is 0.373 e. The molecule has 3 radical (unpaired) electrons. The Bertz CT molecular complexity index is 1250. The molecule has 0 spiro atoms. The Morgan fingerprint density at radius 3 is 2.39 bits per heavy atom. The van der Waals surface area contributed by atoms with E-state index in [1.165, 1.54) is 5.52 Å². The van der Waals surface area contributed by atoms with Gasteiger partial charge >= 0.3 is 0 Å². The van der Waals surface area contributed by atoms with Crippen LogP contribution in [-0.2, 0) is 17.8 Å². The molecule has 4 aromatic rings. The summed E-state index contributed by atoms with van der Waals surface area (Å²) >= 11 is 0. The molecule has 2 aromatic heterocycles. The number of rotatable bonds is 12. The van der Waals surface area contributed by atoms with E-state index in [0.29, 0.717) is 6.61 Å². The van der Waals surface area contributed by atoms with E-state index < -0.39 is 0 Å². The predicted octanol–water partition coefficient (Wildman–Crippen LogP) is 6.44. The van der Waals surface area contributed by atoms with Gasteiger partial charge in [-0.25, -0.2) is 9.97 Å². The van der Waals surface area contributed by atoms with Crippen molar-refractivity contribution in [3.05, 3.63) is 60.2 Å². The second-order valence-electron chi connectivity index (χ2n) is 11.0. The van der Waals surface area contributed by atoms with Gasteiger partial charge in [0, 0.05) is 10.2 Å². The van der Waals surface area contributed by atoms with Gasteiger partial charge < -0.3 is 14.3 Å². The number of aromatic nitrogens is 4. The van der Waals surface area contributed by atoms with E-state index in [1.807, 2.05) is 18.2 Å². The molecule has 0 saturated heterocycles. The first-order valence-electron chi connectivity index (χ1n) is 13.1. The number of para-hydroxylation sites is 4. The Kier molecular flexibility index (Phi) is 8.02. The van der Waals surface area contributed by atoms with Crippen molar-refractivity contribution in [2.24, 2.45) is 0 Å². The number of aromatic amines is 1. The molecule has 0 bridgehead atoms. The first-order chi connectivity index (χ1) is 17.1. The molecule has 191 valence electrons. The van der Waals surface area contributed by atoms with Gasteiger partial charge in [0.05, 0.1) is 53.4 Å². The molecule has 0 amide bonds. The fraction of sp³-hybridized carbons (Fsp3) is 0.517. The minimum Gasteiger partial charge on any atom is -0.373 e. The van der Waals surface area contributed by atoms with E-state index in [0.717, 1.165) is 60.6 Å². The Morgan fingerprint density at radius 2 is 1.69 bits per heavy atom. The Labute approximate surface area is 218 Å². The van der Waals surface area contributed by atoms with Crippen LogP contribution in [-0.4, -0.2) is 53.9 Å². The summed E-state index contributed by atoms with van der Waals surface area (Å²) in [6.45, 7) is 13.0. The number of nitrogens with zero attached hydrogens (tertiary/aromatic N) is 4. The van der Waals surface area contributed by atoms with Crippen LogP contribution in [0.4, 0.5) is 0 Å². The third-order valence-corrected chi connectivity index (χ3v) is 7.94. The molecule has 2 aromatic carbocycles. The molecule has 0 fully saturated rings. The van der Waals surface area contributed by atoms with Crippen LogP contribution in [0.1, 0.15) is 71.6 Å². The van der Waals surface area contributed by atoms with E-state index >= 15 is 0 Å². The van der Waals surface area contributed by atoms with Crippen molar-refractivity contribution in [2.45, 2.75) is 83.7 Å². The first-order valence-corrected chi connectivity index (χ1v) is 13.6. The SMILES string of the molecule is CCCCC(COC(C)(C)C(C)(C)[Si])n1c(CN(C)Cc2nc3ccccc3[nH]2)nc2ccccc21. The highest BCUT2D eigenvalue weighted by molar-refractivity contribution is 6.15. The number of imidazole rings is 2. The fourth-order valence-corrected chi connectivity index (χ4v) is 4.53. The van der Waals surface area contributed by atoms with E-state index in [2.05, 4.69) is 96.7 Å². The maximum Gasteiger partial charge on any atom is 0.124 e. The number of fused-ring (bicyclic) bond motifs is 2. The van der Waals surface area contributed by atoms with Crippen LogP contribution in [0.25, 0.3) is 22.1 Å². The van der Waals surface area contributed by atoms with Gasteiger partial charge in [-0.05, 0) is 56.6 Å². The normalized spacial score (nSPS) is 13.8. The number of ether oxygens (including phenoxy) is 1. The van der Waals surface area contributed by atoms with Crippen molar-refractivity contribution in [1.82, 2.24) is 24.4 Å². The zero-order chi connectivity index (χ0) is 25.9. The number of hydrogen-bond donors (Lipinski definition) is 1. The Balaban J connectivity index is 1.61. The maximum absolute atomic E-state index is 6.59. The second-order valence-corrected chi connectivity index (χ2v) is 12.3. The first kappa shape index (κ1) is 26.6. The van der Waals surface area contributed by atoms with Crippen molar-refractivity contribution in [3.63, 3.8) is 0 Å². The average Bonchev–Trinajstić information content (AvgIpc) is 3.38. The highest BCUT2D eigenvalue weighted by Crippen LogP contribution is 2.38. The third-order valence-electron chi connectivity index (χ3n) is 7.34. The van der Waals surface area contributed by atoms with Crippen LogP contribution >= 0.6 is 0 Å². The van der Waals surface area contributed by atoms with Gasteiger partial charge in [-0.15, -0.1) is 0 Å². The van der Waals surface area contributed by atoms with Gasteiger partial charge in [0.25, 0.3) is 0 Å². The van der Waals surface area contributed by atoms with E-state index in [1.54, 1.807) is 0 Å². The molecule has 0 aliphatic carbocycles. The average molecular weight is 503 g/mol. The summed E-state index contributed by atoms with van der Waals surface area (Å²) in [6, 6.07) is 16.8. The molecule has 1 atom stereocenters. The molecular formula is C29H40N5OSi. The number of hydrogen-bond acceptors (Lipinski definition) is 4. The lowest BCUT2D eigenvalue weighted by Crippen LogP contribution is -2.38. The van der Waals surface area contributed by atoms with Crippen LogP contribution in [0.3, 0.4) is 0 Å². The van der Waals surface area contributed by atoms with Crippen LogP contribution in [0.2, 0.25) is 5.04 Å². The van der Waals surface area contributed by atoms with Gasteiger partial charge in [0.1, 0.15) is 11.6 Å². The summed E-state index contributed by atoms with van der Waals surface area (Å²) in [5.74, 6) is 2.03. The maximum atomic E-state index is 6.59. The summed E-state index contributed by atoms with van der Waals surface area (Å²) in [5, 5.41) is -0.144. The monoisotopic (exact) mass is 502 g/mol. The summed E-state index contributed by atoms with van der Waals surface area (Å²) < 4.78 is 9.02. The third kappa shape index (κ3) is 5.90. The van der Waals surface area contributed by atoms with Crippen LogP contribution in [0, 0.1) is 0 Å². The lowest BCUT2D eigenvalue weighted by Gasteiger charge is -2.40. The predicted molar refractivity (Wildman–Crippen MR) is 149 cm³/mol. The van der Waals surface area contributed by atoms with Crippen LogP contribution in [0.15, 0.2) is 48.5 Å². The van der Waals surface area contributed by atoms with Gasteiger partial charge in [-0.1, -0.05) is 57.9 Å². The highest BCUT2D eigenvalue weighted by Gasteiger charge is 2.35. The van der Waals surface area contributed by atoms with Crippen LogP contribution < -0.4 is 0 Å². The minimum atomic E-state index is -0.316. The van der Waals surface area contributed by atoms with Gasteiger partial charge in [-0.2, -0.15) is 0 Å². The summed E-state index contributed by atoms with van der Waals surface area (Å²) in [4.78, 5) is 15.6. The molecule has 0 saturated carbocycles. The molecule has 0 aliphatic heterocycles. The quantitative estimate of drug-likeness (QED) is 0.227. The molecule has 1 unspecified atom stereocenters. The number of unbranched alkanes of at least 4 members (excludes halogenated alkanes) is 1. The molecule has 1 N–H and O–H groups in total. The topological polar surface area (TPSA) is 59.0 Å². The molecule has 0 aliphatic rings. The smallest absolute Gasteiger partial charge is 0.124 e. The highest BCUT2D eigenvalue weighted by atomic mass is 28.1. The summed E-state index contributed by atoms with van der Waals surface area (Å²) in [7, 11) is 6.01. The van der Waals surface area contributed by atoms with Gasteiger partial charge in [0.15, 0.2) is 0 Å². The van der Waals surface area contributed by atoms with Gasteiger partial charge in [0.2, 0.25) is 0 Å². The zero-order valence-electron chi connectivity index (χ0n) is 22.6. The summed E-state index contributed by atoms with van der Waals surface area (Å²) in [5.41, 5.74) is 3.96. The molecule has 36 heavy (non-hydrogen) atoms. The van der Waals surface area contributed by atoms with E-state index in [-0.39, 0.29) is 16.7 Å². The van der Waals surface area contributed by atoms with E-state index in [4.69, 9.17) is 14.7 Å². The Morgan fingerprint density at radius 1 is 1.00 bits per heavy atom. The summed E-state index contributed by atoms with van der Waals surface area (Å²) in [6.07, 6.45) is 3.35. The van der Waals surface area contributed by atoms with Crippen molar-refractivity contribution < 1.29 is 4.74 Å². The number of H-pyrrole nitrogens is 1.